The summed E-state index contributed by atoms with van der Waals surface area (Å²) in [6.07, 6.45) is 0.991. The molecule has 0 heterocycles. The van der Waals surface area contributed by atoms with Crippen LogP contribution in [-0.2, 0) is 0 Å². The average Bonchev–Trinajstić information content (AvgIpc) is 2.39. The topological polar surface area (TPSA) is 21.3 Å². The quantitative estimate of drug-likeness (QED) is 0.793. The summed E-state index contributed by atoms with van der Waals surface area (Å²) in [7, 11) is 0. The molecule has 1 rings (SSSR count). The maximum Gasteiger partial charge on any atom is 0.123 e. The predicted molar refractivity (Wildman–Crippen MR) is 83.1 cm³/mol. The summed E-state index contributed by atoms with van der Waals surface area (Å²) >= 11 is 0. The highest BCUT2D eigenvalue weighted by atomic mass is 16.5. The SMILES string of the molecule is CCNCC(C)(CC)Oc1cc(C(C)C)ccc1C. The van der Waals surface area contributed by atoms with E-state index in [1.165, 1.54) is 11.1 Å². The molecule has 1 aromatic carbocycles. The first-order chi connectivity index (χ1) is 8.91. The van der Waals surface area contributed by atoms with E-state index in [1.807, 2.05) is 0 Å². The van der Waals surface area contributed by atoms with E-state index in [2.05, 4.69) is 65.1 Å². The van der Waals surface area contributed by atoms with Crippen molar-refractivity contribution in [3.05, 3.63) is 29.3 Å². The van der Waals surface area contributed by atoms with Gasteiger partial charge in [0, 0.05) is 6.54 Å². The van der Waals surface area contributed by atoms with E-state index in [-0.39, 0.29) is 5.60 Å². The summed E-state index contributed by atoms with van der Waals surface area (Å²) in [5.41, 5.74) is 2.40. The van der Waals surface area contributed by atoms with E-state index in [1.54, 1.807) is 0 Å². The first-order valence-corrected chi connectivity index (χ1v) is 7.42. The van der Waals surface area contributed by atoms with E-state index in [0.717, 1.165) is 25.3 Å². The van der Waals surface area contributed by atoms with Gasteiger partial charge >= 0.3 is 0 Å². The molecule has 2 heteroatoms. The molecule has 1 unspecified atom stereocenters. The van der Waals surface area contributed by atoms with Gasteiger partial charge in [-0.15, -0.1) is 0 Å². The van der Waals surface area contributed by atoms with Gasteiger partial charge in [0.05, 0.1) is 0 Å². The van der Waals surface area contributed by atoms with Crippen LogP contribution >= 0.6 is 0 Å². The van der Waals surface area contributed by atoms with Gasteiger partial charge in [0.25, 0.3) is 0 Å². The van der Waals surface area contributed by atoms with Gasteiger partial charge < -0.3 is 10.1 Å². The highest BCUT2D eigenvalue weighted by molar-refractivity contribution is 5.38. The van der Waals surface area contributed by atoms with Crippen LogP contribution in [0.3, 0.4) is 0 Å². The van der Waals surface area contributed by atoms with Crippen molar-refractivity contribution in [2.24, 2.45) is 0 Å². The lowest BCUT2D eigenvalue weighted by atomic mass is 10.00. The Labute approximate surface area is 118 Å². The zero-order chi connectivity index (χ0) is 14.5. The Kier molecular flexibility index (Phi) is 5.86. The van der Waals surface area contributed by atoms with Crippen LogP contribution in [0.2, 0.25) is 0 Å². The normalized spacial score (nSPS) is 14.5. The van der Waals surface area contributed by atoms with E-state index < -0.39 is 0 Å². The molecular weight excluding hydrogens is 234 g/mol. The summed E-state index contributed by atoms with van der Waals surface area (Å²) in [6, 6.07) is 6.55. The molecule has 0 bridgehead atoms. The predicted octanol–water partition coefficient (Wildman–Crippen LogP) is 4.28. The lowest BCUT2D eigenvalue weighted by Crippen LogP contribution is -2.42. The molecule has 0 aliphatic carbocycles. The van der Waals surface area contributed by atoms with Crippen molar-refractivity contribution < 1.29 is 4.74 Å². The molecule has 1 atom stereocenters. The van der Waals surface area contributed by atoms with Crippen LogP contribution in [0.15, 0.2) is 18.2 Å². The summed E-state index contributed by atoms with van der Waals surface area (Å²) in [5.74, 6) is 1.55. The van der Waals surface area contributed by atoms with Crippen molar-refractivity contribution in [3.63, 3.8) is 0 Å². The standard InChI is InChI=1S/C17H29NO/c1-7-17(6,12-18-8-2)19-16-11-15(13(3)4)10-9-14(16)5/h9-11,13,18H,7-8,12H2,1-6H3. The van der Waals surface area contributed by atoms with E-state index >= 15 is 0 Å². The Balaban J connectivity index is 2.92. The maximum atomic E-state index is 6.31. The van der Waals surface area contributed by atoms with Crippen molar-refractivity contribution in [1.82, 2.24) is 5.32 Å². The number of aryl methyl sites for hydroxylation is 1. The molecule has 1 N–H and O–H groups in total. The molecule has 0 spiro atoms. The third kappa shape index (κ3) is 4.54. The first kappa shape index (κ1) is 16.0. The summed E-state index contributed by atoms with van der Waals surface area (Å²) in [4.78, 5) is 0. The maximum absolute atomic E-state index is 6.31. The zero-order valence-electron chi connectivity index (χ0n) is 13.3. The fourth-order valence-electron chi connectivity index (χ4n) is 1.97. The monoisotopic (exact) mass is 263 g/mol. The molecule has 0 saturated carbocycles. The number of ether oxygens (including phenoxy) is 1. The molecule has 1 aromatic rings. The number of nitrogens with one attached hydrogen (secondary N) is 1. The van der Waals surface area contributed by atoms with Gasteiger partial charge in [0.2, 0.25) is 0 Å². The highest BCUT2D eigenvalue weighted by Crippen LogP contribution is 2.28. The smallest absolute Gasteiger partial charge is 0.123 e. The first-order valence-electron chi connectivity index (χ1n) is 7.42. The Morgan fingerprint density at radius 3 is 2.47 bits per heavy atom. The fourth-order valence-corrected chi connectivity index (χ4v) is 1.97. The fraction of sp³-hybridized carbons (Fsp3) is 0.647. The molecular formula is C17H29NO. The molecule has 0 aliphatic heterocycles. The van der Waals surface area contributed by atoms with Gasteiger partial charge in [0.15, 0.2) is 0 Å². The molecule has 0 radical (unpaired) electrons. The van der Waals surface area contributed by atoms with Gasteiger partial charge in [-0.25, -0.2) is 0 Å². The van der Waals surface area contributed by atoms with Crippen LogP contribution in [0.25, 0.3) is 0 Å². The Bertz CT molecular complexity index is 400. The van der Waals surface area contributed by atoms with Crippen LogP contribution < -0.4 is 10.1 Å². The Hall–Kier alpha value is -1.02. The summed E-state index contributed by atoms with van der Waals surface area (Å²) in [6.45, 7) is 14.9. The molecule has 19 heavy (non-hydrogen) atoms. The van der Waals surface area contributed by atoms with Gasteiger partial charge in [0.1, 0.15) is 11.4 Å². The largest absolute Gasteiger partial charge is 0.486 e. The van der Waals surface area contributed by atoms with Gasteiger partial charge in [-0.1, -0.05) is 39.8 Å². The second-order valence-electron chi connectivity index (χ2n) is 5.87. The molecule has 0 fully saturated rings. The Morgan fingerprint density at radius 1 is 1.26 bits per heavy atom. The minimum atomic E-state index is -0.142. The van der Waals surface area contributed by atoms with Crippen LogP contribution in [-0.4, -0.2) is 18.7 Å². The van der Waals surface area contributed by atoms with Crippen molar-refractivity contribution in [2.75, 3.05) is 13.1 Å². The van der Waals surface area contributed by atoms with Crippen LogP contribution in [0, 0.1) is 6.92 Å². The minimum Gasteiger partial charge on any atom is -0.486 e. The molecule has 0 aliphatic rings. The zero-order valence-corrected chi connectivity index (χ0v) is 13.3. The highest BCUT2D eigenvalue weighted by Gasteiger charge is 2.24. The van der Waals surface area contributed by atoms with E-state index in [9.17, 15) is 0 Å². The number of benzene rings is 1. The third-order valence-corrected chi connectivity index (χ3v) is 3.73. The Morgan fingerprint density at radius 2 is 1.95 bits per heavy atom. The average molecular weight is 263 g/mol. The molecule has 0 aromatic heterocycles. The minimum absolute atomic E-state index is 0.142. The van der Waals surface area contributed by atoms with Crippen molar-refractivity contribution in [3.8, 4) is 5.75 Å². The molecule has 0 saturated heterocycles. The van der Waals surface area contributed by atoms with Crippen LogP contribution in [0.1, 0.15) is 58.1 Å². The summed E-state index contributed by atoms with van der Waals surface area (Å²) in [5, 5.41) is 3.39. The van der Waals surface area contributed by atoms with Crippen molar-refractivity contribution in [1.29, 1.82) is 0 Å². The number of likely N-dealkylation sites (N-methyl/N-ethyl adjacent to an activating group) is 1. The lowest BCUT2D eigenvalue weighted by molar-refractivity contribution is 0.0832. The molecule has 108 valence electrons. The lowest BCUT2D eigenvalue weighted by Gasteiger charge is -2.31. The second kappa shape index (κ2) is 6.95. The van der Waals surface area contributed by atoms with E-state index in [0.29, 0.717) is 5.92 Å². The number of hydrogen-bond acceptors (Lipinski definition) is 2. The second-order valence-corrected chi connectivity index (χ2v) is 5.87. The third-order valence-electron chi connectivity index (χ3n) is 3.73. The van der Waals surface area contributed by atoms with Gasteiger partial charge in [-0.2, -0.15) is 0 Å². The van der Waals surface area contributed by atoms with Crippen molar-refractivity contribution in [2.45, 2.75) is 59.5 Å². The van der Waals surface area contributed by atoms with E-state index in [4.69, 9.17) is 4.74 Å². The van der Waals surface area contributed by atoms with Crippen LogP contribution in [0.4, 0.5) is 0 Å². The number of hydrogen-bond donors (Lipinski definition) is 1. The van der Waals surface area contributed by atoms with Gasteiger partial charge in [-0.05, 0) is 49.9 Å². The summed E-state index contributed by atoms with van der Waals surface area (Å²) < 4.78 is 6.31. The van der Waals surface area contributed by atoms with Crippen molar-refractivity contribution >= 4 is 0 Å². The number of rotatable bonds is 7. The van der Waals surface area contributed by atoms with Crippen LogP contribution in [0.5, 0.6) is 5.75 Å². The molecule has 0 amide bonds. The molecule has 2 nitrogen and oxygen atoms in total. The van der Waals surface area contributed by atoms with Gasteiger partial charge in [-0.3, -0.25) is 0 Å².